The van der Waals surface area contributed by atoms with Crippen LogP contribution in [0.3, 0.4) is 0 Å². The number of rotatable bonds is 3. The third-order valence-electron chi connectivity index (χ3n) is 2.27. The minimum absolute atomic E-state index is 0.748. The molecule has 1 aromatic rings. The average Bonchev–Trinajstić information content (AvgIpc) is 2.16. The molecule has 0 aromatic heterocycles. The second kappa shape index (κ2) is 5.43. The Bertz CT molecular complexity index is 320. The fraction of sp³-hybridized carbons (Fsp3) is 0.333. The molecule has 1 rings (SSSR count). The van der Waals surface area contributed by atoms with E-state index in [1.54, 1.807) is 0 Å². The van der Waals surface area contributed by atoms with Gasteiger partial charge in [0, 0.05) is 10.0 Å². The van der Waals surface area contributed by atoms with E-state index < -0.39 is 0 Å². The molecule has 14 heavy (non-hydrogen) atoms. The average molecular weight is 229 g/mol. The molecular weight excluding hydrogens is 215 g/mol. The standard InChI is InChI=1S/C12H14Cl2/c1-3-9(2)7-8-10-11(13)5-4-6-12(10)14/h4-7H,3,8H2,1-2H3/b9-7+. The topological polar surface area (TPSA) is 0 Å². The van der Waals surface area contributed by atoms with Gasteiger partial charge in [0.2, 0.25) is 0 Å². The van der Waals surface area contributed by atoms with E-state index in [0.717, 1.165) is 28.5 Å². The molecule has 0 unspecified atom stereocenters. The SMILES string of the molecule is CC/C(C)=C/Cc1c(Cl)cccc1Cl. The molecule has 0 saturated heterocycles. The van der Waals surface area contributed by atoms with Gasteiger partial charge < -0.3 is 0 Å². The first-order chi connectivity index (χ1) is 6.65. The highest BCUT2D eigenvalue weighted by molar-refractivity contribution is 6.36. The van der Waals surface area contributed by atoms with Crippen LogP contribution in [0.2, 0.25) is 10.0 Å². The van der Waals surface area contributed by atoms with Crippen molar-refractivity contribution < 1.29 is 0 Å². The van der Waals surface area contributed by atoms with Crippen molar-refractivity contribution in [3.05, 3.63) is 45.5 Å². The zero-order chi connectivity index (χ0) is 10.6. The van der Waals surface area contributed by atoms with Crippen molar-refractivity contribution in [2.24, 2.45) is 0 Å². The van der Waals surface area contributed by atoms with E-state index in [1.807, 2.05) is 18.2 Å². The molecule has 0 aliphatic rings. The summed E-state index contributed by atoms with van der Waals surface area (Å²) in [5.74, 6) is 0. The van der Waals surface area contributed by atoms with Crippen LogP contribution in [0.4, 0.5) is 0 Å². The van der Waals surface area contributed by atoms with Gasteiger partial charge in [-0.05, 0) is 37.5 Å². The Morgan fingerprint density at radius 1 is 1.29 bits per heavy atom. The molecule has 0 aliphatic carbocycles. The molecule has 0 aliphatic heterocycles. The van der Waals surface area contributed by atoms with E-state index in [0.29, 0.717) is 0 Å². The van der Waals surface area contributed by atoms with Crippen molar-refractivity contribution in [1.29, 1.82) is 0 Å². The van der Waals surface area contributed by atoms with Crippen LogP contribution in [0.15, 0.2) is 29.8 Å². The maximum absolute atomic E-state index is 6.04. The molecule has 1 aromatic carbocycles. The van der Waals surface area contributed by atoms with Gasteiger partial charge in [-0.1, -0.05) is 47.8 Å². The summed E-state index contributed by atoms with van der Waals surface area (Å²) in [4.78, 5) is 0. The van der Waals surface area contributed by atoms with Crippen LogP contribution in [0.1, 0.15) is 25.8 Å². The molecule has 0 bridgehead atoms. The molecule has 0 saturated carbocycles. The van der Waals surface area contributed by atoms with Crippen LogP contribution < -0.4 is 0 Å². The quantitative estimate of drug-likeness (QED) is 0.647. The smallest absolute Gasteiger partial charge is 0.0456 e. The Kier molecular flexibility index (Phi) is 4.50. The summed E-state index contributed by atoms with van der Waals surface area (Å²) in [5.41, 5.74) is 2.38. The summed E-state index contributed by atoms with van der Waals surface area (Å²) in [5, 5.41) is 1.50. The zero-order valence-corrected chi connectivity index (χ0v) is 9.99. The van der Waals surface area contributed by atoms with Gasteiger partial charge in [0.1, 0.15) is 0 Å². The van der Waals surface area contributed by atoms with Gasteiger partial charge in [0.15, 0.2) is 0 Å². The van der Waals surface area contributed by atoms with Gasteiger partial charge in [-0.2, -0.15) is 0 Å². The Hall–Kier alpha value is -0.460. The summed E-state index contributed by atoms with van der Waals surface area (Å²) in [6.45, 7) is 4.25. The summed E-state index contributed by atoms with van der Waals surface area (Å²) >= 11 is 12.1. The first-order valence-electron chi connectivity index (χ1n) is 4.73. The number of hydrogen-bond acceptors (Lipinski definition) is 0. The largest absolute Gasteiger partial charge is 0.0840 e. The maximum Gasteiger partial charge on any atom is 0.0456 e. The fourth-order valence-electron chi connectivity index (χ4n) is 1.15. The molecule has 0 nitrogen and oxygen atoms in total. The van der Waals surface area contributed by atoms with Gasteiger partial charge in [-0.3, -0.25) is 0 Å². The summed E-state index contributed by atoms with van der Waals surface area (Å²) in [7, 11) is 0. The normalized spacial score (nSPS) is 11.9. The van der Waals surface area contributed by atoms with E-state index in [4.69, 9.17) is 23.2 Å². The van der Waals surface area contributed by atoms with E-state index in [-0.39, 0.29) is 0 Å². The highest BCUT2D eigenvalue weighted by atomic mass is 35.5. The van der Waals surface area contributed by atoms with Crippen molar-refractivity contribution in [2.75, 3.05) is 0 Å². The second-order valence-electron chi connectivity index (χ2n) is 3.31. The molecule has 0 N–H and O–H groups in total. The molecule has 0 fully saturated rings. The number of halogens is 2. The predicted molar refractivity (Wildman–Crippen MR) is 64.2 cm³/mol. The first-order valence-corrected chi connectivity index (χ1v) is 5.49. The number of hydrogen-bond donors (Lipinski definition) is 0. The highest BCUT2D eigenvalue weighted by Crippen LogP contribution is 2.25. The molecule has 2 heteroatoms. The lowest BCUT2D eigenvalue weighted by Crippen LogP contribution is -1.86. The Labute approximate surface area is 95.5 Å². The minimum atomic E-state index is 0.748. The monoisotopic (exact) mass is 228 g/mol. The molecular formula is C12H14Cl2. The molecule has 0 atom stereocenters. The van der Waals surface area contributed by atoms with Crippen molar-refractivity contribution in [3.63, 3.8) is 0 Å². The molecule has 0 spiro atoms. The van der Waals surface area contributed by atoms with Gasteiger partial charge in [-0.15, -0.1) is 0 Å². The van der Waals surface area contributed by atoms with Crippen molar-refractivity contribution >= 4 is 23.2 Å². The Balaban J connectivity index is 2.86. The van der Waals surface area contributed by atoms with Crippen LogP contribution in [0.25, 0.3) is 0 Å². The molecule has 76 valence electrons. The van der Waals surface area contributed by atoms with Crippen molar-refractivity contribution in [3.8, 4) is 0 Å². The van der Waals surface area contributed by atoms with Gasteiger partial charge in [-0.25, -0.2) is 0 Å². The highest BCUT2D eigenvalue weighted by Gasteiger charge is 2.02. The van der Waals surface area contributed by atoms with Crippen LogP contribution in [0.5, 0.6) is 0 Å². The van der Waals surface area contributed by atoms with Gasteiger partial charge in [0.05, 0.1) is 0 Å². The third-order valence-corrected chi connectivity index (χ3v) is 2.98. The Morgan fingerprint density at radius 3 is 2.36 bits per heavy atom. The van der Waals surface area contributed by atoms with Crippen LogP contribution in [0, 0.1) is 0 Å². The second-order valence-corrected chi connectivity index (χ2v) is 4.12. The summed E-state index contributed by atoms with van der Waals surface area (Å²) < 4.78 is 0. The Morgan fingerprint density at radius 2 is 1.86 bits per heavy atom. The molecule has 0 heterocycles. The zero-order valence-electron chi connectivity index (χ0n) is 8.48. The fourth-order valence-corrected chi connectivity index (χ4v) is 1.70. The van der Waals surface area contributed by atoms with Crippen LogP contribution in [-0.4, -0.2) is 0 Å². The summed E-state index contributed by atoms with van der Waals surface area (Å²) in [6, 6.07) is 5.61. The minimum Gasteiger partial charge on any atom is -0.0840 e. The van der Waals surface area contributed by atoms with E-state index in [1.165, 1.54) is 5.57 Å². The van der Waals surface area contributed by atoms with E-state index in [2.05, 4.69) is 19.9 Å². The number of allylic oxidation sites excluding steroid dienone is 2. The van der Waals surface area contributed by atoms with Crippen molar-refractivity contribution in [1.82, 2.24) is 0 Å². The van der Waals surface area contributed by atoms with E-state index >= 15 is 0 Å². The molecule has 0 amide bonds. The predicted octanol–water partition coefficient (Wildman–Crippen LogP) is 4.89. The maximum atomic E-state index is 6.04. The van der Waals surface area contributed by atoms with Gasteiger partial charge >= 0.3 is 0 Å². The van der Waals surface area contributed by atoms with Crippen molar-refractivity contribution in [2.45, 2.75) is 26.7 Å². The molecule has 0 radical (unpaired) electrons. The number of benzene rings is 1. The lowest BCUT2D eigenvalue weighted by atomic mass is 10.1. The van der Waals surface area contributed by atoms with Crippen LogP contribution >= 0.6 is 23.2 Å². The third kappa shape index (κ3) is 3.04. The lowest BCUT2D eigenvalue weighted by Gasteiger charge is -2.04. The first kappa shape index (κ1) is 11.6. The lowest BCUT2D eigenvalue weighted by molar-refractivity contribution is 1.07. The van der Waals surface area contributed by atoms with Crippen LogP contribution in [-0.2, 0) is 6.42 Å². The summed E-state index contributed by atoms with van der Waals surface area (Å²) in [6.07, 6.45) is 4.06. The van der Waals surface area contributed by atoms with Gasteiger partial charge in [0.25, 0.3) is 0 Å². The van der Waals surface area contributed by atoms with E-state index in [9.17, 15) is 0 Å².